The number of pyridine rings is 1. The molecule has 1 aliphatic rings. The van der Waals surface area contributed by atoms with Gasteiger partial charge in [-0.25, -0.2) is 4.98 Å². The van der Waals surface area contributed by atoms with Crippen molar-refractivity contribution < 1.29 is 0 Å². The van der Waals surface area contributed by atoms with Crippen molar-refractivity contribution in [3.63, 3.8) is 0 Å². The van der Waals surface area contributed by atoms with Crippen LogP contribution in [0.3, 0.4) is 0 Å². The smallest absolute Gasteiger partial charge is 0.129 e. The van der Waals surface area contributed by atoms with Gasteiger partial charge in [-0.2, -0.15) is 0 Å². The van der Waals surface area contributed by atoms with Crippen LogP contribution >= 0.6 is 23.2 Å². The van der Waals surface area contributed by atoms with E-state index in [1.165, 1.54) is 12.0 Å². The number of hydrogen-bond donors (Lipinski definition) is 0. The van der Waals surface area contributed by atoms with Crippen LogP contribution in [0.15, 0.2) is 42.5 Å². The van der Waals surface area contributed by atoms with Crippen molar-refractivity contribution in [1.82, 2.24) is 9.88 Å². The molecule has 2 nitrogen and oxygen atoms in total. The summed E-state index contributed by atoms with van der Waals surface area (Å²) in [6.07, 6.45) is 1.18. The predicted octanol–water partition coefficient (Wildman–Crippen LogP) is 4.38. The second kappa shape index (κ2) is 6.13. The molecule has 0 saturated carbocycles. The van der Waals surface area contributed by atoms with Crippen molar-refractivity contribution in [2.24, 2.45) is 0 Å². The van der Waals surface area contributed by atoms with Gasteiger partial charge in [-0.15, -0.1) is 0 Å². The van der Waals surface area contributed by atoms with E-state index in [4.69, 9.17) is 23.2 Å². The van der Waals surface area contributed by atoms with Gasteiger partial charge in [0, 0.05) is 13.1 Å². The quantitative estimate of drug-likeness (QED) is 0.782. The molecule has 0 radical (unpaired) electrons. The summed E-state index contributed by atoms with van der Waals surface area (Å²) in [5, 5.41) is 1.20. The van der Waals surface area contributed by atoms with Gasteiger partial charge in [0.15, 0.2) is 0 Å². The molecule has 0 spiro atoms. The van der Waals surface area contributed by atoms with E-state index in [0.717, 1.165) is 25.3 Å². The molecule has 2 aromatic rings. The molecule has 1 fully saturated rings. The average molecular weight is 307 g/mol. The topological polar surface area (TPSA) is 16.1 Å². The Balaban J connectivity index is 1.67. The Morgan fingerprint density at radius 1 is 1.10 bits per heavy atom. The lowest BCUT2D eigenvalue weighted by Gasteiger charge is -2.16. The number of halogens is 2. The first kappa shape index (κ1) is 13.9. The van der Waals surface area contributed by atoms with Gasteiger partial charge in [-0.1, -0.05) is 53.5 Å². The molecular formula is C16H16Cl2N2. The number of hydrogen-bond acceptors (Lipinski definition) is 2. The standard InChI is InChI=1S/C16H16Cl2N2/c17-14-6-7-16(18)19-15(14)11-20-9-8-13(10-20)12-4-2-1-3-5-12/h1-7,13H,8-11H2. The number of benzene rings is 1. The fourth-order valence-electron chi connectivity index (χ4n) is 2.75. The first-order valence-electron chi connectivity index (χ1n) is 6.80. The molecule has 3 rings (SSSR count). The van der Waals surface area contributed by atoms with Gasteiger partial charge in [0.25, 0.3) is 0 Å². The number of aromatic nitrogens is 1. The van der Waals surface area contributed by atoms with Gasteiger partial charge in [0.1, 0.15) is 5.15 Å². The van der Waals surface area contributed by atoms with E-state index in [1.807, 2.05) is 6.07 Å². The highest BCUT2D eigenvalue weighted by Crippen LogP contribution is 2.29. The third-order valence-corrected chi connectivity index (χ3v) is 4.36. The molecule has 0 amide bonds. The lowest BCUT2D eigenvalue weighted by Crippen LogP contribution is -2.20. The monoisotopic (exact) mass is 306 g/mol. The Labute approximate surface area is 129 Å². The van der Waals surface area contributed by atoms with Crippen molar-refractivity contribution in [3.8, 4) is 0 Å². The molecule has 1 aromatic carbocycles. The molecule has 0 N–H and O–H groups in total. The van der Waals surface area contributed by atoms with Gasteiger partial charge in [-0.05, 0) is 36.6 Å². The lowest BCUT2D eigenvalue weighted by molar-refractivity contribution is 0.323. The molecule has 20 heavy (non-hydrogen) atoms. The largest absolute Gasteiger partial charge is 0.297 e. The summed E-state index contributed by atoms with van der Waals surface area (Å²) < 4.78 is 0. The van der Waals surface area contributed by atoms with Crippen LogP contribution in [0.1, 0.15) is 23.6 Å². The highest BCUT2D eigenvalue weighted by atomic mass is 35.5. The van der Waals surface area contributed by atoms with E-state index in [1.54, 1.807) is 6.07 Å². The summed E-state index contributed by atoms with van der Waals surface area (Å²) in [5.41, 5.74) is 2.29. The fourth-order valence-corrected chi connectivity index (χ4v) is 3.08. The van der Waals surface area contributed by atoms with Crippen LogP contribution in [-0.4, -0.2) is 23.0 Å². The Hall–Kier alpha value is -1.09. The molecule has 1 saturated heterocycles. The Bertz CT molecular complexity index is 586. The highest BCUT2D eigenvalue weighted by molar-refractivity contribution is 6.32. The van der Waals surface area contributed by atoms with E-state index in [0.29, 0.717) is 16.1 Å². The highest BCUT2D eigenvalue weighted by Gasteiger charge is 2.24. The fraction of sp³-hybridized carbons (Fsp3) is 0.312. The summed E-state index contributed by atoms with van der Waals surface area (Å²) in [6.45, 7) is 2.89. The average Bonchev–Trinajstić information content (AvgIpc) is 2.92. The van der Waals surface area contributed by atoms with Gasteiger partial charge in [0.05, 0.1) is 10.7 Å². The molecule has 0 aliphatic carbocycles. The molecule has 1 aliphatic heterocycles. The first-order valence-corrected chi connectivity index (χ1v) is 7.56. The van der Waals surface area contributed by atoms with Crippen LogP contribution in [-0.2, 0) is 6.54 Å². The van der Waals surface area contributed by atoms with Gasteiger partial charge < -0.3 is 0 Å². The SMILES string of the molecule is Clc1ccc(Cl)c(CN2CCC(c3ccccc3)C2)n1. The number of likely N-dealkylation sites (tertiary alicyclic amines) is 1. The Kier molecular flexibility index (Phi) is 4.25. The van der Waals surface area contributed by atoms with E-state index < -0.39 is 0 Å². The summed E-state index contributed by atoms with van der Waals surface area (Å²) >= 11 is 12.1. The normalized spacial score (nSPS) is 19.4. The molecule has 1 atom stereocenters. The van der Waals surface area contributed by atoms with Gasteiger partial charge in [0.2, 0.25) is 0 Å². The molecule has 1 aromatic heterocycles. The maximum atomic E-state index is 6.18. The summed E-state index contributed by atoms with van der Waals surface area (Å²) in [5.74, 6) is 0.606. The van der Waals surface area contributed by atoms with Crippen molar-refractivity contribution in [2.75, 3.05) is 13.1 Å². The summed E-state index contributed by atoms with van der Waals surface area (Å²) in [4.78, 5) is 6.72. The van der Waals surface area contributed by atoms with Crippen molar-refractivity contribution in [1.29, 1.82) is 0 Å². The molecular weight excluding hydrogens is 291 g/mol. The van der Waals surface area contributed by atoms with Crippen molar-refractivity contribution in [2.45, 2.75) is 18.9 Å². The minimum Gasteiger partial charge on any atom is -0.297 e. The van der Waals surface area contributed by atoms with Crippen LogP contribution in [0.2, 0.25) is 10.2 Å². The van der Waals surface area contributed by atoms with Crippen LogP contribution < -0.4 is 0 Å². The van der Waals surface area contributed by atoms with Gasteiger partial charge >= 0.3 is 0 Å². The van der Waals surface area contributed by atoms with Crippen LogP contribution in [0.5, 0.6) is 0 Å². The number of rotatable bonds is 3. The first-order chi connectivity index (χ1) is 9.72. The molecule has 0 bridgehead atoms. The molecule has 2 heterocycles. The molecule has 1 unspecified atom stereocenters. The van der Waals surface area contributed by atoms with E-state index in [9.17, 15) is 0 Å². The van der Waals surface area contributed by atoms with E-state index in [-0.39, 0.29) is 0 Å². The zero-order valence-corrected chi connectivity index (χ0v) is 12.6. The van der Waals surface area contributed by atoms with E-state index in [2.05, 4.69) is 40.2 Å². The second-order valence-electron chi connectivity index (χ2n) is 5.19. The van der Waals surface area contributed by atoms with E-state index >= 15 is 0 Å². The Morgan fingerprint density at radius 2 is 1.90 bits per heavy atom. The van der Waals surface area contributed by atoms with Crippen molar-refractivity contribution >= 4 is 23.2 Å². The zero-order valence-electron chi connectivity index (χ0n) is 11.1. The summed E-state index contributed by atoms with van der Waals surface area (Å²) in [6, 6.07) is 14.2. The minimum atomic E-state index is 0.503. The summed E-state index contributed by atoms with van der Waals surface area (Å²) in [7, 11) is 0. The van der Waals surface area contributed by atoms with Crippen LogP contribution in [0, 0.1) is 0 Å². The van der Waals surface area contributed by atoms with Crippen molar-refractivity contribution in [3.05, 3.63) is 63.9 Å². The Morgan fingerprint density at radius 3 is 2.70 bits per heavy atom. The maximum absolute atomic E-state index is 6.18. The van der Waals surface area contributed by atoms with Crippen LogP contribution in [0.25, 0.3) is 0 Å². The molecule has 104 valence electrons. The lowest BCUT2D eigenvalue weighted by atomic mass is 9.99. The van der Waals surface area contributed by atoms with Gasteiger partial charge in [-0.3, -0.25) is 4.90 Å². The molecule has 4 heteroatoms. The number of nitrogens with zero attached hydrogens (tertiary/aromatic N) is 2. The second-order valence-corrected chi connectivity index (χ2v) is 5.99. The third kappa shape index (κ3) is 3.14. The minimum absolute atomic E-state index is 0.503. The third-order valence-electron chi connectivity index (χ3n) is 3.80. The predicted molar refractivity (Wildman–Crippen MR) is 83.3 cm³/mol. The van der Waals surface area contributed by atoms with Crippen LogP contribution in [0.4, 0.5) is 0 Å². The maximum Gasteiger partial charge on any atom is 0.129 e. The zero-order chi connectivity index (χ0) is 13.9.